The van der Waals surface area contributed by atoms with Crippen molar-refractivity contribution in [3.8, 4) is 17.2 Å². The number of aldehydes is 2. The molecule has 2 heterocycles. The summed E-state index contributed by atoms with van der Waals surface area (Å²) in [6, 6.07) is 17.8. The Bertz CT molecular complexity index is 1820. The van der Waals surface area contributed by atoms with Crippen LogP contribution in [0.5, 0.6) is 17.2 Å². The number of likely N-dealkylation sites (N-methyl/N-ethyl adjacent to an activating group) is 1. The molecule has 1 fully saturated rings. The Morgan fingerprint density at radius 1 is 0.745 bits per heavy atom. The summed E-state index contributed by atoms with van der Waals surface area (Å²) in [6.07, 6.45) is 6.55. The van der Waals surface area contributed by atoms with Crippen LogP contribution in [0.15, 0.2) is 66.7 Å². The number of quaternary nitrogens is 2. The zero-order valence-corrected chi connectivity index (χ0v) is 32.5. The Kier molecular flexibility index (Phi) is 14.6. The molecular weight excluding hydrogens is 704 g/mol. The lowest BCUT2D eigenvalue weighted by atomic mass is 9.86. The van der Waals surface area contributed by atoms with Gasteiger partial charge in [-0.05, 0) is 41.5 Å². The van der Waals surface area contributed by atoms with Crippen LogP contribution in [0.2, 0.25) is 0 Å². The van der Waals surface area contributed by atoms with Gasteiger partial charge in [0.05, 0.1) is 74.4 Å². The van der Waals surface area contributed by atoms with Crippen LogP contribution in [0, 0.1) is 0 Å². The summed E-state index contributed by atoms with van der Waals surface area (Å²) in [5.41, 5.74) is 5.36. The Balaban J connectivity index is 1.10. The van der Waals surface area contributed by atoms with Crippen molar-refractivity contribution in [1.29, 1.82) is 0 Å². The lowest BCUT2D eigenvalue weighted by molar-refractivity contribution is -0.947. The Hall–Kier alpha value is -5.04. The van der Waals surface area contributed by atoms with Gasteiger partial charge in [-0.2, -0.15) is 0 Å². The first-order valence-corrected chi connectivity index (χ1v) is 18.8. The molecule has 2 atom stereocenters. The number of hydrogen-bond donors (Lipinski definition) is 0. The van der Waals surface area contributed by atoms with Gasteiger partial charge in [0.2, 0.25) is 0 Å². The van der Waals surface area contributed by atoms with E-state index >= 15 is 0 Å². The quantitative estimate of drug-likeness (QED) is 0.0537. The molecule has 3 aromatic rings. The normalized spacial score (nSPS) is 18.9. The number of carbonyl (C=O) groups excluding carboxylic acids is 4. The average molecular weight is 759 g/mol. The lowest BCUT2D eigenvalue weighted by Crippen LogP contribution is -2.55. The standard InChI is InChI=1S/C43H54N2O10/c1-44(18-15-34-27-40(51-3)41(52-4)28-38(34)39(44)26-32-8-11-37(50-2)12-9-32)16-5-21-54-42(48)13-14-43(49)55-22-6-17-45(19-23-53-24-20-45)29-33-7-10-35(30-46)36(25-33)31-47/h7-14,25,27-28,30-31,39H,5-6,15-24,26,29H2,1-4H3/q+2. The predicted molar refractivity (Wildman–Crippen MR) is 206 cm³/mol. The third-order valence-electron chi connectivity index (χ3n) is 11.0. The largest absolute Gasteiger partial charge is 0.497 e. The third kappa shape index (κ3) is 10.8. The number of esters is 2. The van der Waals surface area contributed by atoms with Gasteiger partial charge in [-0.15, -0.1) is 0 Å². The second-order valence-electron chi connectivity index (χ2n) is 14.5. The average Bonchev–Trinajstić information content (AvgIpc) is 3.21. The van der Waals surface area contributed by atoms with E-state index in [2.05, 4.69) is 31.3 Å². The molecule has 0 saturated carbocycles. The summed E-state index contributed by atoms with van der Waals surface area (Å²) in [4.78, 5) is 47.8. The van der Waals surface area contributed by atoms with E-state index in [0.717, 1.165) is 79.3 Å². The number of morpholine rings is 1. The Morgan fingerprint density at radius 2 is 1.36 bits per heavy atom. The van der Waals surface area contributed by atoms with E-state index in [0.29, 0.717) is 66.5 Å². The van der Waals surface area contributed by atoms with E-state index in [1.165, 1.54) is 16.7 Å². The van der Waals surface area contributed by atoms with E-state index in [-0.39, 0.29) is 19.3 Å². The maximum absolute atomic E-state index is 12.6. The molecule has 0 N–H and O–H groups in total. The highest BCUT2D eigenvalue weighted by Crippen LogP contribution is 2.42. The number of nitrogens with zero attached hydrogens (tertiary/aromatic N) is 2. The van der Waals surface area contributed by atoms with Crippen LogP contribution in [-0.2, 0) is 43.2 Å². The van der Waals surface area contributed by atoms with Crippen molar-refractivity contribution < 1.29 is 56.6 Å². The number of carbonyl (C=O) groups is 4. The molecule has 5 rings (SSSR count). The summed E-state index contributed by atoms with van der Waals surface area (Å²) in [7, 11) is 7.22. The molecule has 0 aliphatic carbocycles. The topological polar surface area (TPSA) is 124 Å². The molecule has 1 saturated heterocycles. The van der Waals surface area contributed by atoms with E-state index in [1.807, 2.05) is 18.2 Å². The Labute approximate surface area is 323 Å². The zero-order valence-electron chi connectivity index (χ0n) is 32.5. The fourth-order valence-electron chi connectivity index (χ4n) is 7.83. The molecule has 0 spiro atoms. The molecule has 2 aliphatic heterocycles. The zero-order chi connectivity index (χ0) is 39.3. The first kappa shape index (κ1) is 41.1. The van der Waals surface area contributed by atoms with E-state index < -0.39 is 11.9 Å². The van der Waals surface area contributed by atoms with Gasteiger partial charge in [-0.1, -0.05) is 24.3 Å². The second-order valence-corrected chi connectivity index (χ2v) is 14.5. The van der Waals surface area contributed by atoms with Gasteiger partial charge in [0.15, 0.2) is 24.1 Å². The SMILES string of the molecule is COc1ccc(CC2c3cc(OC)c(OC)cc3CC[N+]2(C)CCCOC(=O)C=CC(=O)OCCC[N+]2(Cc3ccc(C=O)c(C=O)c3)CCOCC2)cc1. The molecule has 0 amide bonds. The number of ether oxygens (including phenoxy) is 6. The van der Waals surface area contributed by atoms with Crippen molar-refractivity contribution in [3.05, 3.63) is 100 Å². The summed E-state index contributed by atoms with van der Waals surface area (Å²) in [6.45, 7) is 6.29. The molecule has 55 heavy (non-hydrogen) atoms. The summed E-state index contributed by atoms with van der Waals surface area (Å²) >= 11 is 0. The summed E-state index contributed by atoms with van der Waals surface area (Å²) in [5.74, 6) is 1.03. The first-order valence-electron chi connectivity index (χ1n) is 18.8. The summed E-state index contributed by atoms with van der Waals surface area (Å²) in [5, 5.41) is 0. The molecular formula is C43H54N2O10+2. The molecule has 12 heteroatoms. The van der Waals surface area contributed by atoms with Gasteiger partial charge in [-0.3, -0.25) is 9.59 Å². The van der Waals surface area contributed by atoms with Crippen molar-refractivity contribution in [2.75, 3.05) is 87.5 Å². The molecule has 2 aliphatic rings. The number of fused-ring (bicyclic) bond motifs is 1. The molecule has 12 nitrogen and oxygen atoms in total. The number of rotatable bonds is 19. The van der Waals surface area contributed by atoms with Crippen LogP contribution in [-0.4, -0.2) is 121 Å². The number of methoxy groups -OCH3 is 3. The van der Waals surface area contributed by atoms with Crippen molar-refractivity contribution in [3.63, 3.8) is 0 Å². The fourth-order valence-corrected chi connectivity index (χ4v) is 7.83. The van der Waals surface area contributed by atoms with Crippen LogP contribution in [0.3, 0.4) is 0 Å². The van der Waals surface area contributed by atoms with Crippen molar-refractivity contribution in [2.45, 2.75) is 38.3 Å². The minimum atomic E-state index is -0.607. The van der Waals surface area contributed by atoms with Gasteiger partial charge in [0.1, 0.15) is 31.4 Å². The lowest BCUT2D eigenvalue weighted by Gasteiger charge is -2.46. The van der Waals surface area contributed by atoms with E-state index in [1.54, 1.807) is 33.5 Å². The van der Waals surface area contributed by atoms with Crippen molar-refractivity contribution in [2.24, 2.45) is 0 Å². The van der Waals surface area contributed by atoms with Crippen molar-refractivity contribution >= 4 is 24.5 Å². The highest BCUT2D eigenvalue weighted by molar-refractivity contribution is 5.91. The highest BCUT2D eigenvalue weighted by Gasteiger charge is 2.40. The van der Waals surface area contributed by atoms with Gasteiger partial charge >= 0.3 is 11.9 Å². The van der Waals surface area contributed by atoms with Crippen LogP contribution in [0.1, 0.15) is 61.9 Å². The third-order valence-corrected chi connectivity index (χ3v) is 11.0. The maximum atomic E-state index is 12.6. The molecule has 2 unspecified atom stereocenters. The minimum absolute atomic E-state index is 0.132. The van der Waals surface area contributed by atoms with Gasteiger partial charge in [0.25, 0.3) is 0 Å². The summed E-state index contributed by atoms with van der Waals surface area (Å²) < 4.78 is 34.7. The number of hydrogen-bond acceptors (Lipinski definition) is 10. The Morgan fingerprint density at radius 3 is 1.98 bits per heavy atom. The minimum Gasteiger partial charge on any atom is -0.497 e. The first-order chi connectivity index (χ1) is 26.6. The molecule has 3 aromatic carbocycles. The molecule has 294 valence electrons. The van der Waals surface area contributed by atoms with Gasteiger partial charge in [-0.25, -0.2) is 9.59 Å². The van der Waals surface area contributed by atoms with Crippen LogP contribution >= 0.6 is 0 Å². The van der Waals surface area contributed by atoms with Gasteiger partial charge in [0, 0.05) is 60.1 Å². The molecule has 0 aromatic heterocycles. The van der Waals surface area contributed by atoms with Crippen LogP contribution in [0.25, 0.3) is 0 Å². The van der Waals surface area contributed by atoms with Gasteiger partial charge < -0.3 is 37.4 Å². The fraction of sp³-hybridized carbons (Fsp3) is 0.442. The second kappa shape index (κ2) is 19.5. The smallest absolute Gasteiger partial charge is 0.331 e. The van der Waals surface area contributed by atoms with E-state index in [4.69, 9.17) is 28.4 Å². The number of benzene rings is 3. The van der Waals surface area contributed by atoms with Crippen LogP contribution < -0.4 is 14.2 Å². The van der Waals surface area contributed by atoms with Crippen LogP contribution in [0.4, 0.5) is 0 Å². The maximum Gasteiger partial charge on any atom is 0.331 e. The molecule has 0 bridgehead atoms. The molecule has 0 radical (unpaired) electrons. The van der Waals surface area contributed by atoms with E-state index in [9.17, 15) is 19.2 Å². The highest BCUT2D eigenvalue weighted by atomic mass is 16.5. The monoisotopic (exact) mass is 758 g/mol. The predicted octanol–water partition coefficient (Wildman–Crippen LogP) is 5.09. The van der Waals surface area contributed by atoms with Crippen molar-refractivity contribution in [1.82, 2.24) is 0 Å².